The summed E-state index contributed by atoms with van der Waals surface area (Å²) in [6.07, 6.45) is 1.72. The molecule has 1 heterocycles. The number of piperidine rings is 1. The summed E-state index contributed by atoms with van der Waals surface area (Å²) in [5.74, 6) is 0.589. The largest absolute Gasteiger partial charge is 0.390 e. The Bertz CT molecular complexity index is 357. The van der Waals surface area contributed by atoms with Gasteiger partial charge in [0.15, 0.2) is 0 Å². The van der Waals surface area contributed by atoms with Crippen LogP contribution in [0.5, 0.6) is 0 Å². The lowest BCUT2D eigenvalue weighted by Crippen LogP contribution is -2.42. The van der Waals surface area contributed by atoms with Crippen molar-refractivity contribution in [2.24, 2.45) is 0 Å². The first-order chi connectivity index (χ1) is 7.98. The second-order valence-electron chi connectivity index (χ2n) is 5.73. The van der Waals surface area contributed by atoms with Gasteiger partial charge in [-0.1, -0.05) is 26.0 Å². The van der Waals surface area contributed by atoms with E-state index in [9.17, 15) is 5.11 Å². The van der Waals surface area contributed by atoms with Gasteiger partial charge in [0, 0.05) is 18.8 Å². The summed E-state index contributed by atoms with van der Waals surface area (Å²) in [5.41, 5.74) is 2.21. The van der Waals surface area contributed by atoms with Crippen molar-refractivity contribution in [2.45, 2.75) is 45.1 Å². The lowest BCUT2D eigenvalue weighted by molar-refractivity contribution is 0.0351. The fraction of sp³-hybridized carbons (Fsp3) is 0.600. The maximum Gasteiger partial charge on any atom is 0.0653 e. The normalized spacial score (nSPS) is 19.7. The van der Waals surface area contributed by atoms with E-state index in [0.29, 0.717) is 5.92 Å². The van der Waals surface area contributed by atoms with Crippen LogP contribution in [0.4, 0.5) is 5.69 Å². The van der Waals surface area contributed by atoms with Crippen molar-refractivity contribution in [3.63, 3.8) is 0 Å². The van der Waals surface area contributed by atoms with Crippen molar-refractivity contribution < 1.29 is 5.11 Å². The van der Waals surface area contributed by atoms with Crippen molar-refractivity contribution in [1.29, 1.82) is 0 Å². The predicted octanol–water partition coefficient (Wildman–Crippen LogP) is 3.16. The molecule has 0 atom stereocenters. The van der Waals surface area contributed by atoms with Crippen molar-refractivity contribution in [1.82, 2.24) is 0 Å². The molecule has 17 heavy (non-hydrogen) atoms. The third-order valence-corrected chi connectivity index (χ3v) is 3.77. The average molecular weight is 233 g/mol. The van der Waals surface area contributed by atoms with Gasteiger partial charge in [-0.05, 0) is 43.4 Å². The van der Waals surface area contributed by atoms with Crippen LogP contribution in [0.2, 0.25) is 0 Å². The first kappa shape index (κ1) is 12.4. The van der Waals surface area contributed by atoms with Crippen LogP contribution in [-0.2, 0) is 0 Å². The number of aliphatic hydroxyl groups is 1. The van der Waals surface area contributed by atoms with E-state index in [2.05, 4.69) is 43.0 Å². The van der Waals surface area contributed by atoms with Gasteiger partial charge < -0.3 is 10.0 Å². The molecule has 0 unspecified atom stereocenters. The second-order valence-corrected chi connectivity index (χ2v) is 5.73. The van der Waals surface area contributed by atoms with Gasteiger partial charge >= 0.3 is 0 Å². The van der Waals surface area contributed by atoms with Crippen molar-refractivity contribution in [2.75, 3.05) is 18.0 Å². The van der Waals surface area contributed by atoms with Gasteiger partial charge in [0.2, 0.25) is 0 Å². The Balaban J connectivity index is 2.04. The first-order valence-electron chi connectivity index (χ1n) is 6.55. The van der Waals surface area contributed by atoms with E-state index in [0.717, 1.165) is 25.9 Å². The smallest absolute Gasteiger partial charge is 0.0653 e. The Hall–Kier alpha value is -1.02. The van der Waals surface area contributed by atoms with E-state index in [1.165, 1.54) is 11.3 Å². The van der Waals surface area contributed by atoms with E-state index in [1.54, 1.807) is 0 Å². The predicted molar refractivity (Wildman–Crippen MR) is 72.6 cm³/mol. The molecule has 0 spiro atoms. The number of hydrogen-bond acceptors (Lipinski definition) is 2. The average Bonchev–Trinajstić information content (AvgIpc) is 2.29. The zero-order valence-corrected chi connectivity index (χ0v) is 11.1. The van der Waals surface area contributed by atoms with E-state index < -0.39 is 5.60 Å². The Morgan fingerprint density at radius 1 is 1.12 bits per heavy atom. The second kappa shape index (κ2) is 4.69. The van der Waals surface area contributed by atoms with Gasteiger partial charge in [0.05, 0.1) is 5.60 Å². The van der Waals surface area contributed by atoms with E-state index in [1.807, 2.05) is 6.92 Å². The maximum atomic E-state index is 9.93. The summed E-state index contributed by atoms with van der Waals surface area (Å²) in [6, 6.07) is 8.84. The highest BCUT2D eigenvalue weighted by Crippen LogP contribution is 2.26. The van der Waals surface area contributed by atoms with Gasteiger partial charge in [-0.3, -0.25) is 0 Å². The molecular formula is C15H23NO. The van der Waals surface area contributed by atoms with Gasteiger partial charge in [-0.2, -0.15) is 0 Å². The zero-order chi connectivity index (χ0) is 12.5. The summed E-state index contributed by atoms with van der Waals surface area (Å²) in [4.78, 5) is 2.36. The van der Waals surface area contributed by atoms with E-state index in [4.69, 9.17) is 0 Å². The van der Waals surface area contributed by atoms with Gasteiger partial charge in [-0.15, -0.1) is 0 Å². The monoisotopic (exact) mass is 233 g/mol. The quantitative estimate of drug-likeness (QED) is 0.848. The van der Waals surface area contributed by atoms with Gasteiger partial charge in [0.25, 0.3) is 0 Å². The molecule has 1 fully saturated rings. The summed E-state index contributed by atoms with van der Waals surface area (Å²) in [7, 11) is 0. The summed E-state index contributed by atoms with van der Waals surface area (Å²) in [6.45, 7) is 8.27. The Kier molecular flexibility index (Phi) is 3.43. The molecule has 1 saturated heterocycles. The maximum absolute atomic E-state index is 9.93. The molecular weight excluding hydrogens is 210 g/mol. The van der Waals surface area contributed by atoms with Crippen LogP contribution in [0.15, 0.2) is 24.3 Å². The minimum atomic E-state index is -0.464. The summed E-state index contributed by atoms with van der Waals surface area (Å²) < 4.78 is 0. The highest BCUT2D eigenvalue weighted by atomic mass is 16.3. The number of hydrogen-bond donors (Lipinski definition) is 1. The Labute approximate surface area is 104 Å². The Morgan fingerprint density at radius 2 is 1.65 bits per heavy atom. The minimum absolute atomic E-state index is 0.464. The van der Waals surface area contributed by atoms with Crippen LogP contribution in [0.25, 0.3) is 0 Å². The van der Waals surface area contributed by atoms with Crippen LogP contribution >= 0.6 is 0 Å². The standard InChI is InChI=1S/C15H23NO/c1-12(2)13-4-6-14(7-5-13)16-10-8-15(3,17)9-11-16/h4-7,12,17H,8-11H2,1-3H3. The van der Waals surface area contributed by atoms with Gasteiger partial charge in [0.1, 0.15) is 0 Å². The number of anilines is 1. The van der Waals surface area contributed by atoms with Crippen molar-refractivity contribution >= 4 is 5.69 Å². The number of rotatable bonds is 2. The highest BCUT2D eigenvalue weighted by molar-refractivity contribution is 5.48. The molecule has 1 aliphatic rings. The van der Waals surface area contributed by atoms with Crippen LogP contribution in [0.1, 0.15) is 45.1 Å². The lowest BCUT2D eigenvalue weighted by Gasteiger charge is -2.37. The molecule has 0 aliphatic carbocycles. The Morgan fingerprint density at radius 3 is 2.12 bits per heavy atom. The molecule has 0 bridgehead atoms. The molecule has 94 valence electrons. The summed E-state index contributed by atoms with van der Waals surface area (Å²) in [5, 5.41) is 9.93. The molecule has 1 aliphatic heterocycles. The molecule has 0 saturated carbocycles. The molecule has 0 amide bonds. The highest BCUT2D eigenvalue weighted by Gasteiger charge is 2.27. The lowest BCUT2D eigenvalue weighted by atomic mass is 9.93. The first-order valence-corrected chi connectivity index (χ1v) is 6.55. The molecule has 0 aromatic heterocycles. The molecule has 2 nitrogen and oxygen atoms in total. The van der Waals surface area contributed by atoms with Crippen molar-refractivity contribution in [3.05, 3.63) is 29.8 Å². The molecule has 2 rings (SSSR count). The molecule has 0 radical (unpaired) electrons. The minimum Gasteiger partial charge on any atom is -0.390 e. The van der Waals surface area contributed by atoms with Crippen LogP contribution in [0, 0.1) is 0 Å². The molecule has 1 aromatic carbocycles. The van der Waals surface area contributed by atoms with Crippen LogP contribution < -0.4 is 4.90 Å². The topological polar surface area (TPSA) is 23.5 Å². The van der Waals surface area contributed by atoms with Crippen LogP contribution in [-0.4, -0.2) is 23.8 Å². The third kappa shape index (κ3) is 3.01. The molecule has 1 N–H and O–H groups in total. The van der Waals surface area contributed by atoms with E-state index in [-0.39, 0.29) is 0 Å². The van der Waals surface area contributed by atoms with Crippen LogP contribution in [0.3, 0.4) is 0 Å². The molecule has 2 heteroatoms. The number of benzene rings is 1. The van der Waals surface area contributed by atoms with E-state index >= 15 is 0 Å². The SMILES string of the molecule is CC(C)c1ccc(N2CCC(C)(O)CC2)cc1. The fourth-order valence-corrected chi connectivity index (χ4v) is 2.32. The fourth-order valence-electron chi connectivity index (χ4n) is 2.32. The third-order valence-electron chi connectivity index (χ3n) is 3.77. The van der Waals surface area contributed by atoms with Gasteiger partial charge in [-0.25, -0.2) is 0 Å². The number of nitrogens with zero attached hydrogens (tertiary/aromatic N) is 1. The zero-order valence-electron chi connectivity index (χ0n) is 11.1. The molecule has 1 aromatic rings. The summed E-state index contributed by atoms with van der Waals surface area (Å²) >= 11 is 0. The van der Waals surface area contributed by atoms with Crippen molar-refractivity contribution in [3.8, 4) is 0 Å².